The molecule has 0 radical (unpaired) electrons. The SMILES string of the molecule is O=[N+]([O-])c1ccc(COC(=S)Nc2ccccc2)cc1. The Kier molecular flexibility index (Phi) is 4.62. The lowest BCUT2D eigenvalue weighted by atomic mass is 10.2. The molecule has 0 heterocycles. The number of rotatable bonds is 4. The van der Waals surface area contributed by atoms with Crippen molar-refractivity contribution in [3.8, 4) is 0 Å². The Hall–Kier alpha value is -2.47. The molecule has 0 bridgehead atoms. The summed E-state index contributed by atoms with van der Waals surface area (Å²) in [5.74, 6) is 0. The number of benzene rings is 2. The van der Waals surface area contributed by atoms with Crippen molar-refractivity contribution in [3.63, 3.8) is 0 Å². The predicted octanol–water partition coefficient (Wildman–Crippen LogP) is 3.51. The van der Waals surface area contributed by atoms with E-state index in [4.69, 9.17) is 17.0 Å². The number of nitro benzene ring substituents is 1. The third-order valence-electron chi connectivity index (χ3n) is 2.54. The Morgan fingerprint density at radius 3 is 2.40 bits per heavy atom. The monoisotopic (exact) mass is 288 g/mol. The summed E-state index contributed by atoms with van der Waals surface area (Å²) in [6, 6.07) is 15.6. The number of ether oxygens (including phenoxy) is 1. The lowest BCUT2D eigenvalue weighted by Crippen LogP contribution is -2.12. The smallest absolute Gasteiger partial charge is 0.269 e. The third kappa shape index (κ3) is 4.03. The maximum atomic E-state index is 10.5. The molecular weight excluding hydrogens is 276 g/mol. The van der Waals surface area contributed by atoms with E-state index in [1.807, 2.05) is 30.3 Å². The van der Waals surface area contributed by atoms with E-state index in [0.29, 0.717) is 0 Å². The van der Waals surface area contributed by atoms with E-state index in [1.54, 1.807) is 12.1 Å². The van der Waals surface area contributed by atoms with Gasteiger partial charge in [0.1, 0.15) is 6.61 Å². The van der Waals surface area contributed by atoms with Gasteiger partial charge in [0.2, 0.25) is 0 Å². The molecule has 0 aliphatic carbocycles. The van der Waals surface area contributed by atoms with Gasteiger partial charge in [0.05, 0.1) is 4.92 Å². The second-order valence-electron chi connectivity index (χ2n) is 3.99. The molecule has 0 aliphatic rings. The second-order valence-corrected chi connectivity index (χ2v) is 4.36. The van der Waals surface area contributed by atoms with Crippen molar-refractivity contribution < 1.29 is 9.66 Å². The summed E-state index contributed by atoms with van der Waals surface area (Å²) >= 11 is 5.06. The minimum Gasteiger partial charge on any atom is -0.466 e. The standard InChI is InChI=1S/C14H12N2O3S/c17-16(18)13-8-6-11(7-9-13)10-19-14(20)15-12-4-2-1-3-5-12/h1-9H,10H2,(H,15,20). The quantitative estimate of drug-likeness (QED) is 0.530. The zero-order chi connectivity index (χ0) is 14.4. The minimum atomic E-state index is -0.438. The first-order valence-electron chi connectivity index (χ1n) is 5.87. The van der Waals surface area contributed by atoms with Crippen LogP contribution in [-0.4, -0.2) is 10.1 Å². The number of nitrogens with one attached hydrogen (secondary N) is 1. The highest BCUT2D eigenvalue weighted by Crippen LogP contribution is 2.13. The highest BCUT2D eigenvalue weighted by Gasteiger charge is 2.05. The van der Waals surface area contributed by atoms with Crippen LogP contribution in [0.25, 0.3) is 0 Å². The van der Waals surface area contributed by atoms with Crippen molar-refractivity contribution in [1.82, 2.24) is 0 Å². The second kappa shape index (κ2) is 6.63. The van der Waals surface area contributed by atoms with Crippen molar-refractivity contribution in [2.24, 2.45) is 0 Å². The number of para-hydroxylation sites is 1. The van der Waals surface area contributed by atoms with Crippen LogP contribution in [-0.2, 0) is 11.3 Å². The lowest BCUT2D eigenvalue weighted by molar-refractivity contribution is -0.384. The summed E-state index contributed by atoms with van der Waals surface area (Å²) in [6.45, 7) is 0.261. The Labute approximate surface area is 121 Å². The van der Waals surface area contributed by atoms with Gasteiger partial charge in [0.25, 0.3) is 10.9 Å². The first-order chi connectivity index (χ1) is 9.65. The molecular formula is C14H12N2O3S. The summed E-state index contributed by atoms with van der Waals surface area (Å²) in [6.07, 6.45) is 0. The molecule has 0 saturated heterocycles. The van der Waals surface area contributed by atoms with Crippen LogP contribution in [0.3, 0.4) is 0 Å². The molecule has 1 N–H and O–H groups in total. The maximum absolute atomic E-state index is 10.5. The number of thiocarbonyl (C=S) groups is 1. The van der Waals surface area contributed by atoms with Crippen LogP contribution in [0.5, 0.6) is 0 Å². The molecule has 0 amide bonds. The molecule has 0 unspecified atom stereocenters. The van der Waals surface area contributed by atoms with Gasteiger partial charge in [0.15, 0.2) is 0 Å². The normalized spacial score (nSPS) is 9.80. The van der Waals surface area contributed by atoms with Crippen LogP contribution in [0.2, 0.25) is 0 Å². The Morgan fingerprint density at radius 2 is 1.80 bits per heavy atom. The van der Waals surface area contributed by atoms with E-state index >= 15 is 0 Å². The summed E-state index contributed by atoms with van der Waals surface area (Å²) in [4.78, 5) is 10.1. The topological polar surface area (TPSA) is 64.4 Å². The van der Waals surface area contributed by atoms with Crippen molar-refractivity contribution in [3.05, 3.63) is 70.3 Å². The molecule has 0 aliphatic heterocycles. The van der Waals surface area contributed by atoms with Gasteiger partial charge in [-0.15, -0.1) is 0 Å². The molecule has 2 aromatic carbocycles. The summed E-state index contributed by atoms with van der Waals surface area (Å²) in [5, 5.41) is 13.7. The van der Waals surface area contributed by atoms with Crippen LogP contribution in [0.15, 0.2) is 54.6 Å². The predicted molar refractivity (Wildman–Crippen MR) is 80.5 cm³/mol. The summed E-state index contributed by atoms with van der Waals surface area (Å²) in [5.41, 5.74) is 1.72. The van der Waals surface area contributed by atoms with Crippen LogP contribution >= 0.6 is 12.2 Å². The van der Waals surface area contributed by atoms with Gasteiger partial charge in [-0.05, 0) is 42.0 Å². The van der Waals surface area contributed by atoms with Gasteiger partial charge in [-0.2, -0.15) is 0 Å². The van der Waals surface area contributed by atoms with Gasteiger partial charge >= 0.3 is 0 Å². The van der Waals surface area contributed by atoms with Crippen LogP contribution < -0.4 is 5.32 Å². The summed E-state index contributed by atoms with van der Waals surface area (Å²) < 4.78 is 5.38. The van der Waals surface area contributed by atoms with Crippen LogP contribution in [0.4, 0.5) is 11.4 Å². The van der Waals surface area contributed by atoms with Gasteiger partial charge < -0.3 is 10.1 Å². The Balaban J connectivity index is 1.85. The maximum Gasteiger partial charge on any atom is 0.269 e. The van der Waals surface area contributed by atoms with Gasteiger partial charge in [0, 0.05) is 17.8 Å². The van der Waals surface area contributed by atoms with E-state index in [0.717, 1.165) is 11.3 Å². The first kappa shape index (κ1) is 14.0. The van der Waals surface area contributed by atoms with Gasteiger partial charge in [-0.25, -0.2) is 0 Å². The Bertz CT molecular complexity index is 600. The largest absolute Gasteiger partial charge is 0.466 e. The zero-order valence-corrected chi connectivity index (χ0v) is 11.3. The average Bonchev–Trinajstić information content (AvgIpc) is 2.46. The fourth-order valence-corrected chi connectivity index (χ4v) is 1.71. The van der Waals surface area contributed by atoms with E-state index in [9.17, 15) is 10.1 Å². The number of anilines is 1. The molecule has 102 valence electrons. The van der Waals surface area contributed by atoms with Crippen LogP contribution in [0, 0.1) is 10.1 Å². The Morgan fingerprint density at radius 1 is 1.15 bits per heavy atom. The van der Waals surface area contributed by atoms with Crippen molar-refractivity contribution in [2.45, 2.75) is 6.61 Å². The molecule has 0 saturated carbocycles. The fourth-order valence-electron chi connectivity index (χ4n) is 1.54. The summed E-state index contributed by atoms with van der Waals surface area (Å²) in [7, 11) is 0. The van der Waals surface area contributed by atoms with Crippen molar-refractivity contribution >= 4 is 28.8 Å². The lowest BCUT2D eigenvalue weighted by Gasteiger charge is -2.09. The molecule has 0 spiro atoms. The molecule has 6 heteroatoms. The highest BCUT2D eigenvalue weighted by atomic mass is 32.1. The number of hydrogen-bond donors (Lipinski definition) is 1. The van der Waals surface area contributed by atoms with E-state index in [-0.39, 0.29) is 17.5 Å². The molecule has 2 rings (SSSR count). The van der Waals surface area contributed by atoms with Crippen LogP contribution in [0.1, 0.15) is 5.56 Å². The molecule has 0 fully saturated rings. The van der Waals surface area contributed by atoms with E-state index in [1.165, 1.54) is 12.1 Å². The van der Waals surface area contributed by atoms with E-state index in [2.05, 4.69) is 5.32 Å². The molecule has 0 aromatic heterocycles. The van der Waals surface area contributed by atoms with Crippen molar-refractivity contribution in [2.75, 3.05) is 5.32 Å². The van der Waals surface area contributed by atoms with Gasteiger partial charge in [-0.3, -0.25) is 10.1 Å². The number of hydrogen-bond acceptors (Lipinski definition) is 4. The highest BCUT2D eigenvalue weighted by molar-refractivity contribution is 7.80. The fraction of sp³-hybridized carbons (Fsp3) is 0.0714. The third-order valence-corrected chi connectivity index (χ3v) is 2.76. The molecule has 5 nitrogen and oxygen atoms in total. The van der Waals surface area contributed by atoms with E-state index < -0.39 is 4.92 Å². The minimum absolute atomic E-state index is 0.0544. The average molecular weight is 288 g/mol. The van der Waals surface area contributed by atoms with Crippen molar-refractivity contribution in [1.29, 1.82) is 0 Å². The zero-order valence-electron chi connectivity index (χ0n) is 10.5. The number of nitro groups is 1. The molecule has 2 aromatic rings. The molecule has 20 heavy (non-hydrogen) atoms. The first-order valence-corrected chi connectivity index (χ1v) is 6.28. The number of non-ortho nitro benzene ring substituents is 1. The number of nitrogens with zero attached hydrogens (tertiary/aromatic N) is 1. The molecule has 0 atom stereocenters. The van der Waals surface area contributed by atoms with Gasteiger partial charge in [-0.1, -0.05) is 18.2 Å².